The Morgan fingerprint density at radius 3 is 3.19 bits per heavy atom. The number of rotatable bonds is 3. The van der Waals surface area contributed by atoms with Crippen molar-refractivity contribution in [3.8, 4) is 5.75 Å². The number of para-hydroxylation sites is 1. The topological polar surface area (TPSA) is 35.5 Å². The lowest BCUT2D eigenvalue weighted by atomic mass is 10.0. The highest BCUT2D eigenvalue weighted by molar-refractivity contribution is 5.77. The summed E-state index contributed by atoms with van der Waals surface area (Å²) in [4.78, 5) is 11.3. The minimum atomic E-state index is -1.76. The van der Waals surface area contributed by atoms with Crippen molar-refractivity contribution in [1.82, 2.24) is 0 Å². The van der Waals surface area contributed by atoms with Gasteiger partial charge >= 0.3 is 5.97 Å². The molecule has 0 amide bonds. The molecule has 0 fully saturated rings. The van der Waals surface area contributed by atoms with Crippen molar-refractivity contribution in [3.63, 3.8) is 0 Å². The van der Waals surface area contributed by atoms with Gasteiger partial charge in [-0.15, -0.1) is 0 Å². The molecule has 4 heteroatoms. The van der Waals surface area contributed by atoms with Crippen molar-refractivity contribution in [2.24, 2.45) is 0 Å². The molecule has 0 N–H and O–H groups in total. The first-order valence-electron chi connectivity index (χ1n) is 5.29. The van der Waals surface area contributed by atoms with Gasteiger partial charge in [-0.25, -0.2) is 9.18 Å². The van der Waals surface area contributed by atoms with Crippen LogP contribution in [0.4, 0.5) is 4.39 Å². The van der Waals surface area contributed by atoms with E-state index in [2.05, 4.69) is 4.74 Å². The van der Waals surface area contributed by atoms with E-state index in [9.17, 15) is 9.18 Å². The summed E-state index contributed by atoms with van der Waals surface area (Å²) in [7, 11) is 0. The fourth-order valence-corrected chi connectivity index (χ4v) is 1.78. The second-order valence-electron chi connectivity index (χ2n) is 3.55. The maximum Gasteiger partial charge on any atom is 0.345 e. The summed E-state index contributed by atoms with van der Waals surface area (Å²) in [5.41, 5.74) is 1.22. The summed E-state index contributed by atoms with van der Waals surface area (Å²) in [5, 5.41) is 0. The van der Waals surface area contributed by atoms with Gasteiger partial charge in [0.15, 0.2) is 0 Å². The first kappa shape index (κ1) is 10.9. The molecule has 1 aromatic carbocycles. The molecule has 0 saturated carbocycles. The summed E-state index contributed by atoms with van der Waals surface area (Å²) in [6, 6.07) is 5.17. The second kappa shape index (κ2) is 4.51. The molecule has 1 aliphatic rings. The van der Waals surface area contributed by atoms with Crippen molar-refractivity contribution >= 4 is 5.97 Å². The van der Waals surface area contributed by atoms with E-state index in [1.54, 1.807) is 19.1 Å². The van der Waals surface area contributed by atoms with Crippen LogP contribution in [0.25, 0.3) is 0 Å². The fraction of sp³-hybridized carbons (Fsp3) is 0.417. The minimum absolute atomic E-state index is 0.176. The zero-order valence-electron chi connectivity index (χ0n) is 9.03. The third kappa shape index (κ3) is 1.87. The number of carbonyl (C=O) groups is 1. The Morgan fingerprint density at radius 2 is 2.44 bits per heavy atom. The number of hydrogen-bond donors (Lipinski definition) is 0. The molecule has 86 valence electrons. The lowest BCUT2D eigenvalue weighted by molar-refractivity contribution is -0.149. The van der Waals surface area contributed by atoms with Crippen LogP contribution in [-0.2, 0) is 16.0 Å². The standard InChI is InChI=1S/C12H13FO3/c1-2-15-12(14)10(13)9-5-3-4-8-6-7-16-11(8)9/h3-5,10H,2,6-7H2,1H3. The quantitative estimate of drug-likeness (QED) is 0.738. The van der Waals surface area contributed by atoms with Crippen LogP contribution in [0.5, 0.6) is 5.75 Å². The van der Waals surface area contributed by atoms with E-state index >= 15 is 0 Å². The van der Waals surface area contributed by atoms with E-state index in [0.29, 0.717) is 12.4 Å². The Kier molecular flexibility index (Phi) is 3.08. The predicted molar refractivity (Wildman–Crippen MR) is 56.1 cm³/mol. The number of ether oxygens (including phenoxy) is 2. The summed E-state index contributed by atoms with van der Waals surface area (Å²) in [6.45, 7) is 2.37. The van der Waals surface area contributed by atoms with Gasteiger partial charge in [0.25, 0.3) is 0 Å². The van der Waals surface area contributed by atoms with Gasteiger partial charge < -0.3 is 9.47 Å². The van der Waals surface area contributed by atoms with Gasteiger partial charge in [-0.2, -0.15) is 0 Å². The van der Waals surface area contributed by atoms with E-state index < -0.39 is 12.1 Å². The molecule has 1 aromatic rings. The monoisotopic (exact) mass is 224 g/mol. The molecule has 2 rings (SSSR count). The van der Waals surface area contributed by atoms with Gasteiger partial charge in [0.1, 0.15) is 5.75 Å². The van der Waals surface area contributed by atoms with Crippen molar-refractivity contribution < 1.29 is 18.7 Å². The number of esters is 1. The van der Waals surface area contributed by atoms with Crippen LogP contribution in [-0.4, -0.2) is 19.2 Å². The molecule has 1 heterocycles. The Labute approximate surface area is 93.2 Å². The fourth-order valence-electron chi connectivity index (χ4n) is 1.78. The van der Waals surface area contributed by atoms with Crippen molar-refractivity contribution in [2.75, 3.05) is 13.2 Å². The van der Waals surface area contributed by atoms with Gasteiger partial charge in [-0.05, 0) is 12.5 Å². The SMILES string of the molecule is CCOC(=O)C(F)c1cccc2c1OCC2. The summed E-state index contributed by atoms with van der Waals surface area (Å²) >= 11 is 0. The van der Waals surface area contributed by atoms with Gasteiger partial charge in [0, 0.05) is 12.0 Å². The smallest absolute Gasteiger partial charge is 0.345 e. The highest BCUT2D eigenvalue weighted by atomic mass is 19.1. The van der Waals surface area contributed by atoms with Gasteiger partial charge in [-0.3, -0.25) is 0 Å². The Morgan fingerprint density at radius 1 is 1.62 bits per heavy atom. The highest BCUT2D eigenvalue weighted by Crippen LogP contribution is 2.35. The third-order valence-corrected chi connectivity index (χ3v) is 2.51. The Balaban J connectivity index is 2.27. The molecule has 1 unspecified atom stereocenters. The number of benzene rings is 1. The van der Waals surface area contributed by atoms with Crippen LogP contribution in [0.15, 0.2) is 18.2 Å². The predicted octanol–water partition coefficient (Wildman–Crippen LogP) is 2.20. The molecule has 0 spiro atoms. The van der Waals surface area contributed by atoms with Crippen LogP contribution in [0.3, 0.4) is 0 Å². The molecule has 1 aliphatic heterocycles. The van der Waals surface area contributed by atoms with Crippen LogP contribution in [0, 0.1) is 0 Å². The average molecular weight is 224 g/mol. The van der Waals surface area contributed by atoms with Crippen LogP contribution >= 0.6 is 0 Å². The summed E-state index contributed by atoms with van der Waals surface area (Å²) in [6.07, 6.45) is -0.994. The van der Waals surface area contributed by atoms with E-state index in [-0.39, 0.29) is 12.2 Å². The number of alkyl halides is 1. The van der Waals surface area contributed by atoms with Crippen LogP contribution in [0.2, 0.25) is 0 Å². The molecule has 0 radical (unpaired) electrons. The number of carbonyl (C=O) groups excluding carboxylic acids is 1. The Bertz CT molecular complexity index is 403. The molecular formula is C12H13FO3. The van der Waals surface area contributed by atoms with Crippen molar-refractivity contribution in [3.05, 3.63) is 29.3 Å². The average Bonchev–Trinajstić information content (AvgIpc) is 2.76. The number of hydrogen-bond acceptors (Lipinski definition) is 3. The normalized spacial score (nSPS) is 15.1. The van der Waals surface area contributed by atoms with Crippen LogP contribution < -0.4 is 4.74 Å². The number of fused-ring (bicyclic) bond motifs is 1. The van der Waals surface area contributed by atoms with E-state index in [1.807, 2.05) is 6.07 Å². The highest BCUT2D eigenvalue weighted by Gasteiger charge is 2.27. The molecule has 1 atom stereocenters. The molecule has 16 heavy (non-hydrogen) atoms. The minimum Gasteiger partial charge on any atom is -0.493 e. The zero-order chi connectivity index (χ0) is 11.5. The maximum atomic E-state index is 13.8. The lowest BCUT2D eigenvalue weighted by Gasteiger charge is -2.11. The van der Waals surface area contributed by atoms with E-state index in [0.717, 1.165) is 12.0 Å². The second-order valence-corrected chi connectivity index (χ2v) is 3.55. The third-order valence-electron chi connectivity index (χ3n) is 2.51. The van der Waals surface area contributed by atoms with Gasteiger partial charge in [0.05, 0.1) is 13.2 Å². The molecule has 0 bridgehead atoms. The largest absolute Gasteiger partial charge is 0.493 e. The summed E-state index contributed by atoms with van der Waals surface area (Å²) < 4.78 is 23.8. The van der Waals surface area contributed by atoms with Gasteiger partial charge in [-0.1, -0.05) is 18.2 Å². The first-order chi connectivity index (χ1) is 7.74. The molecule has 0 aromatic heterocycles. The molecule has 0 aliphatic carbocycles. The molecule has 0 saturated heterocycles. The van der Waals surface area contributed by atoms with Crippen molar-refractivity contribution in [1.29, 1.82) is 0 Å². The lowest BCUT2D eigenvalue weighted by Crippen LogP contribution is -2.12. The molecular weight excluding hydrogens is 211 g/mol. The first-order valence-corrected chi connectivity index (χ1v) is 5.29. The zero-order valence-corrected chi connectivity index (χ0v) is 9.03. The van der Waals surface area contributed by atoms with Crippen LogP contribution in [0.1, 0.15) is 24.2 Å². The van der Waals surface area contributed by atoms with Crippen molar-refractivity contribution in [2.45, 2.75) is 19.5 Å². The van der Waals surface area contributed by atoms with E-state index in [1.165, 1.54) is 0 Å². The Hall–Kier alpha value is -1.58. The summed E-state index contributed by atoms with van der Waals surface area (Å²) in [5.74, 6) is -0.352. The van der Waals surface area contributed by atoms with E-state index in [4.69, 9.17) is 4.74 Å². The maximum absolute atomic E-state index is 13.8. The van der Waals surface area contributed by atoms with Gasteiger partial charge in [0.2, 0.25) is 6.17 Å². The number of halogens is 1. The molecule has 3 nitrogen and oxygen atoms in total.